The number of nitrogens with one attached hydrogen (secondary N) is 1. The maximum atomic E-state index is 13.1. The highest BCUT2D eigenvalue weighted by Crippen LogP contribution is 2.40. The molecule has 1 aromatic rings. The number of nitrogens with zero attached hydrogens (tertiary/aromatic N) is 3. The Morgan fingerprint density at radius 2 is 1.94 bits per heavy atom. The number of carbonyl (C=O) groups is 1. The molecule has 1 aromatic heterocycles. The molecule has 1 saturated heterocycles. The van der Waals surface area contributed by atoms with E-state index in [9.17, 15) is 13.2 Å². The molecule has 1 amide bonds. The molecule has 1 fully saturated rings. The summed E-state index contributed by atoms with van der Waals surface area (Å²) in [7, 11) is -3.72. The third-order valence-electron chi connectivity index (χ3n) is 4.99. The third-order valence-corrected chi connectivity index (χ3v) is 8.07. The monoisotopic (exact) mass is 483 g/mol. The topological polar surface area (TPSA) is 118 Å². The number of sulfonamides is 1. The van der Waals surface area contributed by atoms with Gasteiger partial charge in [-0.05, 0) is 47.1 Å². The van der Waals surface area contributed by atoms with Crippen molar-refractivity contribution in [3.05, 3.63) is 33.8 Å². The van der Waals surface area contributed by atoms with E-state index in [1.165, 1.54) is 11.3 Å². The highest BCUT2D eigenvalue weighted by molar-refractivity contribution is 7.93. The van der Waals surface area contributed by atoms with Gasteiger partial charge in [0, 0.05) is 54.4 Å². The van der Waals surface area contributed by atoms with Crippen LogP contribution in [0.25, 0.3) is 0 Å². The Morgan fingerprint density at radius 3 is 2.53 bits per heavy atom. The predicted molar refractivity (Wildman–Crippen MR) is 127 cm³/mol. The first-order chi connectivity index (χ1) is 14.9. The van der Waals surface area contributed by atoms with Gasteiger partial charge in [-0.1, -0.05) is 6.08 Å². The van der Waals surface area contributed by atoms with Crippen molar-refractivity contribution >= 4 is 32.6 Å². The Labute approximate surface area is 194 Å². The van der Waals surface area contributed by atoms with Crippen LogP contribution in [0.1, 0.15) is 51.8 Å². The average molecular weight is 484 g/mol. The lowest BCUT2D eigenvalue weighted by Crippen LogP contribution is -2.49. The predicted octanol–water partition coefficient (Wildman–Crippen LogP) is 2.74. The van der Waals surface area contributed by atoms with E-state index in [-0.39, 0.29) is 23.0 Å². The fraction of sp³-hybridized carbons (Fsp3) is 0.619. The molecular formula is C21H33N5O4S2. The molecule has 0 aromatic carbocycles. The highest BCUT2D eigenvalue weighted by atomic mass is 32.2. The van der Waals surface area contributed by atoms with E-state index in [0.29, 0.717) is 38.3 Å². The van der Waals surface area contributed by atoms with Gasteiger partial charge in [-0.15, -0.1) is 11.3 Å². The molecule has 3 rings (SSSR count). The number of aromatic nitrogens is 1. The zero-order valence-corrected chi connectivity index (χ0v) is 20.9. The number of thiazole rings is 1. The van der Waals surface area contributed by atoms with Crippen molar-refractivity contribution in [3.8, 4) is 0 Å². The summed E-state index contributed by atoms with van der Waals surface area (Å²) >= 11 is 1.48. The Balaban J connectivity index is 1.73. The van der Waals surface area contributed by atoms with Crippen LogP contribution < -0.4 is 15.4 Å². The molecule has 1 aliphatic heterocycles. The van der Waals surface area contributed by atoms with Crippen LogP contribution >= 0.6 is 11.3 Å². The van der Waals surface area contributed by atoms with Crippen molar-refractivity contribution in [2.75, 3.05) is 31.1 Å². The zero-order valence-electron chi connectivity index (χ0n) is 19.3. The van der Waals surface area contributed by atoms with Gasteiger partial charge in [0.1, 0.15) is 0 Å². The fourth-order valence-electron chi connectivity index (χ4n) is 3.62. The number of hydrogen-bond donors (Lipinski definition) is 2. The number of carbonyl (C=O) groups excluding carboxylic acids is 1. The summed E-state index contributed by atoms with van der Waals surface area (Å²) in [6.45, 7) is 11.5. The molecule has 1 unspecified atom stereocenters. The lowest BCUT2D eigenvalue weighted by atomic mass is 9.98. The van der Waals surface area contributed by atoms with Crippen molar-refractivity contribution in [2.24, 2.45) is 5.73 Å². The molecule has 11 heteroatoms. The molecule has 0 radical (unpaired) electrons. The first-order valence-corrected chi connectivity index (χ1v) is 13.0. The zero-order chi connectivity index (χ0) is 23.7. The lowest BCUT2D eigenvalue weighted by molar-refractivity contribution is 0.0751. The molecule has 1 atom stereocenters. The van der Waals surface area contributed by atoms with Gasteiger partial charge in [0.15, 0.2) is 5.13 Å². The van der Waals surface area contributed by atoms with E-state index in [1.807, 2.05) is 40.7 Å². The number of rotatable bonds is 5. The van der Waals surface area contributed by atoms with Gasteiger partial charge in [0.05, 0.1) is 11.0 Å². The summed E-state index contributed by atoms with van der Waals surface area (Å²) < 4.78 is 34.2. The van der Waals surface area contributed by atoms with Crippen LogP contribution in [0.15, 0.2) is 29.0 Å². The summed E-state index contributed by atoms with van der Waals surface area (Å²) in [5.41, 5.74) is 5.79. The first-order valence-electron chi connectivity index (χ1n) is 10.7. The van der Waals surface area contributed by atoms with Crippen LogP contribution in [-0.2, 0) is 14.8 Å². The number of nitrogens with two attached hydrogens (primary N) is 1. The molecule has 0 saturated carbocycles. The van der Waals surface area contributed by atoms with Crippen LogP contribution in [0.3, 0.4) is 0 Å². The smallest absolute Gasteiger partial charge is 0.410 e. The van der Waals surface area contributed by atoms with Crippen LogP contribution in [0.2, 0.25) is 0 Å². The minimum Gasteiger partial charge on any atom is -0.447 e. The van der Waals surface area contributed by atoms with Gasteiger partial charge in [-0.25, -0.2) is 22.9 Å². The van der Waals surface area contributed by atoms with Crippen LogP contribution in [0.5, 0.6) is 0 Å². The maximum Gasteiger partial charge on any atom is 0.410 e. The molecule has 2 aliphatic rings. The van der Waals surface area contributed by atoms with Crippen LogP contribution in [-0.4, -0.2) is 62.2 Å². The Hall–Kier alpha value is -2.11. The van der Waals surface area contributed by atoms with Crippen LogP contribution in [0.4, 0.5) is 9.93 Å². The molecule has 3 N–H and O–H groups in total. The molecule has 178 valence electrons. The van der Waals surface area contributed by atoms with Crippen LogP contribution in [0, 0.1) is 0 Å². The number of anilines is 1. The van der Waals surface area contributed by atoms with E-state index in [0.717, 1.165) is 10.0 Å². The Kier molecular flexibility index (Phi) is 7.21. The van der Waals surface area contributed by atoms with E-state index in [1.54, 1.807) is 17.2 Å². The van der Waals surface area contributed by atoms with Gasteiger partial charge >= 0.3 is 6.09 Å². The van der Waals surface area contributed by atoms with Crippen molar-refractivity contribution in [1.82, 2.24) is 14.6 Å². The number of ether oxygens (including phenoxy) is 1. The summed E-state index contributed by atoms with van der Waals surface area (Å²) in [6.07, 6.45) is 5.20. The average Bonchev–Trinajstić information content (AvgIpc) is 3.15. The maximum absolute atomic E-state index is 13.1. The third kappa shape index (κ3) is 6.02. The van der Waals surface area contributed by atoms with Crippen molar-refractivity contribution in [3.63, 3.8) is 0 Å². The number of hydrogen-bond acceptors (Lipinski definition) is 8. The van der Waals surface area contributed by atoms with Gasteiger partial charge in [-0.2, -0.15) is 0 Å². The van der Waals surface area contributed by atoms with Crippen molar-refractivity contribution < 1.29 is 17.9 Å². The van der Waals surface area contributed by atoms with E-state index < -0.39 is 15.6 Å². The minimum atomic E-state index is -3.72. The Bertz CT molecular complexity index is 1000. The van der Waals surface area contributed by atoms with E-state index >= 15 is 0 Å². The van der Waals surface area contributed by atoms with Gasteiger partial charge in [0.25, 0.3) is 0 Å². The fourth-order valence-corrected chi connectivity index (χ4v) is 6.60. The molecular weight excluding hydrogens is 450 g/mol. The second-order valence-corrected chi connectivity index (χ2v) is 12.1. The van der Waals surface area contributed by atoms with E-state index in [4.69, 9.17) is 10.5 Å². The molecule has 32 heavy (non-hydrogen) atoms. The number of piperazine rings is 1. The second-order valence-electron chi connectivity index (χ2n) is 9.35. The van der Waals surface area contributed by atoms with E-state index in [2.05, 4.69) is 14.6 Å². The minimum absolute atomic E-state index is 0.146. The highest BCUT2D eigenvalue weighted by Gasteiger charge is 2.34. The standard InChI is InChI=1S/C21H33N5O4S2/c1-14(2)30-20(27)26-10-8-25(9-11-26)19-23-13-17(31-19)16-7-6-15(22)12-18(16)32(28,29)24-21(3,4)5/h6,12-14,16,24H,7-11,22H2,1-5H3. The SMILES string of the molecule is CC(C)OC(=O)N1CCN(c2ncc(C3CC=C(N)C=C3S(=O)(=O)NC(C)(C)C)s2)CC1. The van der Waals surface area contributed by atoms with Gasteiger partial charge in [0.2, 0.25) is 10.0 Å². The summed E-state index contributed by atoms with van der Waals surface area (Å²) in [5.74, 6) is -0.337. The number of amides is 1. The normalized spacial score (nSPS) is 20.2. The molecule has 1 aliphatic carbocycles. The molecule has 0 bridgehead atoms. The molecule has 9 nitrogen and oxygen atoms in total. The largest absolute Gasteiger partial charge is 0.447 e. The summed E-state index contributed by atoms with van der Waals surface area (Å²) in [4.78, 5) is 21.6. The van der Waals surface area contributed by atoms with Gasteiger partial charge < -0.3 is 20.3 Å². The summed E-state index contributed by atoms with van der Waals surface area (Å²) in [5, 5.41) is 0.819. The Morgan fingerprint density at radius 1 is 1.28 bits per heavy atom. The van der Waals surface area contributed by atoms with Crippen molar-refractivity contribution in [1.29, 1.82) is 0 Å². The lowest BCUT2D eigenvalue weighted by Gasteiger charge is -2.34. The molecule has 0 spiro atoms. The molecule has 2 heterocycles. The summed E-state index contributed by atoms with van der Waals surface area (Å²) in [6, 6.07) is 0. The van der Waals surface area contributed by atoms with Crippen molar-refractivity contribution in [2.45, 2.75) is 58.6 Å². The van der Waals surface area contributed by atoms with Gasteiger partial charge in [-0.3, -0.25) is 0 Å². The quantitative estimate of drug-likeness (QED) is 0.661. The first kappa shape index (κ1) is 24.5. The number of allylic oxidation sites excluding steroid dienone is 3. The second kappa shape index (κ2) is 9.40.